The molecule has 0 unspecified atom stereocenters. The Labute approximate surface area is 143 Å². The van der Waals surface area contributed by atoms with Crippen LogP contribution < -0.4 is 0 Å². The number of fused-ring (bicyclic) bond motifs is 3. The minimum atomic E-state index is -0.835. The maximum atomic E-state index is 13.6. The van der Waals surface area contributed by atoms with Gasteiger partial charge in [-0.25, -0.2) is 0 Å². The zero-order valence-corrected chi connectivity index (χ0v) is 15.5. The molecule has 5 nitrogen and oxygen atoms in total. The van der Waals surface area contributed by atoms with Crippen LogP contribution in [0.2, 0.25) is 0 Å². The number of carbonyl (C=O) groups excluding carboxylic acids is 3. The third kappa shape index (κ3) is 2.02. The maximum Gasteiger partial charge on any atom is 0.303 e. The van der Waals surface area contributed by atoms with E-state index < -0.39 is 16.6 Å². The zero-order chi connectivity index (χ0) is 18.1. The van der Waals surface area contributed by atoms with Crippen molar-refractivity contribution in [1.29, 1.82) is 0 Å². The van der Waals surface area contributed by atoms with E-state index in [4.69, 9.17) is 9.47 Å². The molecule has 3 fully saturated rings. The van der Waals surface area contributed by atoms with E-state index in [2.05, 4.69) is 6.92 Å². The Bertz CT molecular complexity index is 623. The average molecular weight is 336 g/mol. The van der Waals surface area contributed by atoms with Gasteiger partial charge in [0.25, 0.3) is 0 Å². The third-order valence-electron chi connectivity index (χ3n) is 6.97. The number of carbonyl (C=O) groups is 3. The largest absolute Gasteiger partial charge is 0.459 e. The molecule has 134 valence electrons. The fraction of sp³-hybridized carbons (Fsp3) is 0.842. The van der Waals surface area contributed by atoms with Crippen LogP contribution in [0.5, 0.6) is 0 Å². The maximum absolute atomic E-state index is 13.6. The molecule has 3 rings (SSSR count). The molecule has 24 heavy (non-hydrogen) atoms. The molecule has 3 aliphatic carbocycles. The van der Waals surface area contributed by atoms with Gasteiger partial charge < -0.3 is 9.47 Å². The number of rotatable bonds is 3. The molecule has 3 aliphatic rings. The lowest BCUT2D eigenvalue weighted by molar-refractivity contribution is -0.178. The molecule has 0 N–H and O–H groups in total. The molecule has 0 amide bonds. The first-order valence-electron chi connectivity index (χ1n) is 8.84. The van der Waals surface area contributed by atoms with Crippen LogP contribution in [0.4, 0.5) is 0 Å². The summed E-state index contributed by atoms with van der Waals surface area (Å²) in [6, 6.07) is 0. The Hall–Kier alpha value is -1.39. The predicted octanol–water partition coefficient (Wildman–Crippen LogP) is 3.05. The second-order valence-electron chi connectivity index (χ2n) is 8.89. The molecule has 0 spiro atoms. The standard InChI is InChI=1S/C19H28O5/c1-11(20)23-16(3,4)19-10-13(19)17(5)8-7-9-18(6,24-12(2)21)14(17)15(19)22/h13-14H,7-10H2,1-6H3/t13-,14+,17-,18-,19+/m1/s1. The lowest BCUT2D eigenvalue weighted by atomic mass is 9.60. The fourth-order valence-electron chi connectivity index (χ4n) is 6.20. The van der Waals surface area contributed by atoms with E-state index >= 15 is 0 Å². The highest BCUT2D eigenvalue weighted by atomic mass is 16.6. The Kier molecular flexibility index (Phi) is 3.51. The summed E-state index contributed by atoms with van der Waals surface area (Å²) in [5.41, 5.74) is -2.43. The first-order chi connectivity index (χ1) is 10.9. The van der Waals surface area contributed by atoms with E-state index in [0.29, 0.717) is 6.42 Å². The van der Waals surface area contributed by atoms with Gasteiger partial charge in [-0.1, -0.05) is 6.92 Å². The van der Waals surface area contributed by atoms with Gasteiger partial charge in [0.1, 0.15) is 11.2 Å². The summed E-state index contributed by atoms with van der Waals surface area (Å²) in [4.78, 5) is 36.7. The van der Waals surface area contributed by atoms with E-state index in [1.54, 1.807) is 0 Å². The van der Waals surface area contributed by atoms with Crippen LogP contribution in [0.3, 0.4) is 0 Å². The van der Waals surface area contributed by atoms with Gasteiger partial charge in [-0.05, 0) is 57.8 Å². The van der Waals surface area contributed by atoms with Crippen molar-refractivity contribution in [1.82, 2.24) is 0 Å². The van der Waals surface area contributed by atoms with Gasteiger partial charge >= 0.3 is 11.9 Å². The second kappa shape index (κ2) is 4.83. The van der Waals surface area contributed by atoms with Gasteiger partial charge in [0.15, 0.2) is 5.78 Å². The summed E-state index contributed by atoms with van der Waals surface area (Å²) in [5, 5.41) is 0. The molecule has 5 atom stereocenters. The number of Topliss-reactive ketones (excluding diaryl/α,β-unsaturated/α-hetero) is 1. The third-order valence-corrected chi connectivity index (χ3v) is 6.97. The van der Waals surface area contributed by atoms with Gasteiger partial charge in [-0.2, -0.15) is 0 Å². The van der Waals surface area contributed by atoms with Crippen molar-refractivity contribution >= 4 is 17.7 Å². The van der Waals surface area contributed by atoms with Gasteiger partial charge in [0, 0.05) is 13.8 Å². The van der Waals surface area contributed by atoms with Gasteiger partial charge in [0.2, 0.25) is 0 Å². The van der Waals surface area contributed by atoms with Crippen LogP contribution in [0.15, 0.2) is 0 Å². The van der Waals surface area contributed by atoms with E-state index in [9.17, 15) is 14.4 Å². The summed E-state index contributed by atoms with van der Waals surface area (Å²) in [6.07, 6.45) is 3.35. The van der Waals surface area contributed by atoms with Crippen LogP contribution in [0.1, 0.15) is 67.2 Å². The van der Waals surface area contributed by atoms with E-state index in [1.807, 2.05) is 20.8 Å². The molecule has 0 radical (unpaired) electrons. The van der Waals surface area contributed by atoms with Gasteiger partial charge in [0.05, 0.1) is 11.3 Å². The molecule has 0 saturated heterocycles. The Morgan fingerprint density at radius 2 is 1.75 bits per heavy atom. The average Bonchev–Trinajstić information content (AvgIpc) is 3.08. The van der Waals surface area contributed by atoms with Gasteiger partial charge in [-0.3, -0.25) is 14.4 Å². The molecule has 0 aromatic carbocycles. The van der Waals surface area contributed by atoms with Crippen LogP contribution in [0.25, 0.3) is 0 Å². The Morgan fingerprint density at radius 1 is 1.12 bits per heavy atom. The monoisotopic (exact) mass is 336 g/mol. The molecule has 0 bridgehead atoms. The van der Waals surface area contributed by atoms with Gasteiger partial charge in [-0.15, -0.1) is 0 Å². The van der Waals surface area contributed by atoms with E-state index in [-0.39, 0.29) is 35.0 Å². The quantitative estimate of drug-likeness (QED) is 0.741. The zero-order valence-electron chi connectivity index (χ0n) is 15.5. The lowest BCUT2D eigenvalue weighted by Gasteiger charge is -2.48. The summed E-state index contributed by atoms with van der Waals surface area (Å²) < 4.78 is 11.2. The molecular formula is C19H28O5. The number of hydrogen-bond acceptors (Lipinski definition) is 5. The Morgan fingerprint density at radius 3 is 2.29 bits per heavy atom. The highest BCUT2D eigenvalue weighted by molar-refractivity contribution is 5.97. The van der Waals surface area contributed by atoms with Crippen molar-refractivity contribution in [2.75, 3.05) is 0 Å². The summed E-state index contributed by atoms with van der Waals surface area (Å²) >= 11 is 0. The molecule has 0 aromatic rings. The number of esters is 2. The van der Waals surface area contributed by atoms with Crippen molar-refractivity contribution in [3.05, 3.63) is 0 Å². The minimum Gasteiger partial charge on any atom is -0.459 e. The highest BCUT2D eigenvalue weighted by Gasteiger charge is 2.83. The first-order valence-corrected chi connectivity index (χ1v) is 8.84. The molecule has 0 heterocycles. The van der Waals surface area contributed by atoms with Crippen LogP contribution >= 0.6 is 0 Å². The highest BCUT2D eigenvalue weighted by Crippen LogP contribution is 2.79. The SMILES string of the molecule is CC(=O)OC(C)(C)[C@@]12C[C@@H]1[C@@]1(C)CCC[C@@](C)(OC(C)=O)[C@H]1C2=O. The van der Waals surface area contributed by atoms with E-state index in [0.717, 1.165) is 19.3 Å². The second-order valence-corrected chi connectivity index (χ2v) is 8.89. The van der Waals surface area contributed by atoms with Crippen LogP contribution in [0, 0.1) is 22.7 Å². The smallest absolute Gasteiger partial charge is 0.303 e. The van der Waals surface area contributed by atoms with Crippen LogP contribution in [-0.4, -0.2) is 28.9 Å². The van der Waals surface area contributed by atoms with E-state index in [1.165, 1.54) is 13.8 Å². The number of hydrogen-bond donors (Lipinski definition) is 0. The summed E-state index contributed by atoms with van der Waals surface area (Å²) in [5.74, 6) is -0.730. The fourth-order valence-corrected chi connectivity index (χ4v) is 6.20. The summed E-state index contributed by atoms with van der Waals surface area (Å²) in [7, 11) is 0. The number of ketones is 1. The van der Waals surface area contributed by atoms with Crippen LogP contribution in [-0.2, 0) is 23.9 Å². The van der Waals surface area contributed by atoms with Crippen molar-refractivity contribution in [3.8, 4) is 0 Å². The van der Waals surface area contributed by atoms with Crippen molar-refractivity contribution in [3.63, 3.8) is 0 Å². The number of ether oxygens (including phenoxy) is 2. The molecular weight excluding hydrogens is 308 g/mol. The predicted molar refractivity (Wildman–Crippen MR) is 87.0 cm³/mol. The first kappa shape index (κ1) is 17.4. The normalized spacial score (nSPS) is 43.7. The molecule has 0 aliphatic heterocycles. The lowest BCUT2D eigenvalue weighted by Crippen LogP contribution is -2.54. The topological polar surface area (TPSA) is 69.7 Å². The van der Waals surface area contributed by atoms with Crippen molar-refractivity contribution < 1.29 is 23.9 Å². The van der Waals surface area contributed by atoms with Crippen molar-refractivity contribution in [2.45, 2.75) is 78.4 Å². The Balaban J connectivity index is 2.02. The summed E-state index contributed by atoms with van der Waals surface area (Å²) in [6.45, 7) is 10.5. The van der Waals surface area contributed by atoms with Crippen molar-refractivity contribution in [2.24, 2.45) is 22.7 Å². The minimum absolute atomic E-state index is 0.115. The molecule has 0 aromatic heterocycles. The molecule has 3 saturated carbocycles. The molecule has 5 heteroatoms.